The molecule has 0 saturated carbocycles. The predicted molar refractivity (Wildman–Crippen MR) is 90.2 cm³/mol. The van der Waals surface area contributed by atoms with Gasteiger partial charge in [-0.3, -0.25) is 9.59 Å². The van der Waals surface area contributed by atoms with Crippen LogP contribution in [0.3, 0.4) is 0 Å². The van der Waals surface area contributed by atoms with Gasteiger partial charge in [0.05, 0.1) is 25.8 Å². The number of hydrogen-bond donors (Lipinski definition) is 2. The number of nitrogens with one attached hydrogen (secondary N) is 2. The molecule has 0 spiro atoms. The molecule has 0 saturated heterocycles. The number of hydrogen-bond acceptors (Lipinski definition) is 4. The van der Waals surface area contributed by atoms with Gasteiger partial charge in [0.15, 0.2) is 0 Å². The Balaban J connectivity index is 1.69. The molecule has 0 bridgehead atoms. The number of amides is 2. The van der Waals surface area contributed by atoms with Crippen LogP contribution < -0.4 is 20.1 Å². The van der Waals surface area contributed by atoms with Crippen molar-refractivity contribution < 1.29 is 27.8 Å². The minimum atomic E-state index is -0.991. The molecule has 138 valence electrons. The highest BCUT2D eigenvalue weighted by Gasteiger charge is 2.13. The summed E-state index contributed by atoms with van der Waals surface area (Å²) in [7, 11) is 1.55. The summed E-state index contributed by atoms with van der Waals surface area (Å²) in [6.45, 7) is 0.102. The summed E-state index contributed by atoms with van der Waals surface area (Å²) in [6.07, 6.45) is 0. The van der Waals surface area contributed by atoms with Crippen molar-refractivity contribution in [1.82, 2.24) is 10.6 Å². The minimum Gasteiger partial charge on any atom is -0.497 e. The fourth-order valence-electron chi connectivity index (χ4n) is 2.04. The summed E-state index contributed by atoms with van der Waals surface area (Å²) in [5, 5.41) is 4.81. The lowest BCUT2D eigenvalue weighted by molar-refractivity contribution is -0.120. The summed E-state index contributed by atoms with van der Waals surface area (Å²) < 4.78 is 36.8. The smallest absolute Gasteiger partial charge is 0.254 e. The van der Waals surface area contributed by atoms with Crippen molar-refractivity contribution in [3.63, 3.8) is 0 Å². The van der Waals surface area contributed by atoms with Gasteiger partial charge in [-0.15, -0.1) is 0 Å². The van der Waals surface area contributed by atoms with E-state index in [9.17, 15) is 18.4 Å². The first-order chi connectivity index (χ1) is 12.5. The van der Waals surface area contributed by atoms with Crippen LogP contribution in [0.2, 0.25) is 0 Å². The average molecular weight is 364 g/mol. The molecule has 6 nitrogen and oxygen atoms in total. The van der Waals surface area contributed by atoms with E-state index in [-0.39, 0.29) is 25.3 Å². The van der Waals surface area contributed by atoms with Crippen molar-refractivity contribution in [2.45, 2.75) is 0 Å². The lowest BCUT2D eigenvalue weighted by atomic mass is 10.2. The maximum absolute atomic E-state index is 13.5. The monoisotopic (exact) mass is 364 g/mol. The number of rotatable bonds is 8. The summed E-state index contributed by atoms with van der Waals surface area (Å²) in [5.41, 5.74) is -0.333. The van der Waals surface area contributed by atoms with Gasteiger partial charge in [0.2, 0.25) is 5.91 Å². The second-order valence-corrected chi connectivity index (χ2v) is 5.18. The molecule has 8 heteroatoms. The van der Waals surface area contributed by atoms with Crippen LogP contribution in [0.25, 0.3) is 0 Å². The Morgan fingerprint density at radius 3 is 2.54 bits per heavy atom. The Hall–Kier alpha value is -3.16. The Morgan fingerprint density at radius 1 is 1.04 bits per heavy atom. The van der Waals surface area contributed by atoms with E-state index < -0.39 is 23.4 Å². The highest BCUT2D eigenvalue weighted by molar-refractivity contribution is 5.96. The zero-order chi connectivity index (χ0) is 18.9. The van der Waals surface area contributed by atoms with Crippen LogP contribution >= 0.6 is 0 Å². The normalized spacial score (nSPS) is 10.1. The molecule has 2 aromatic rings. The molecule has 26 heavy (non-hydrogen) atoms. The van der Waals surface area contributed by atoms with Crippen LogP contribution in [0, 0.1) is 11.6 Å². The molecule has 2 rings (SSSR count). The SMILES string of the molecule is COc1cccc(OCCNC(=O)CNC(=O)c2ccc(F)cc2F)c1. The maximum Gasteiger partial charge on any atom is 0.254 e. The fraction of sp³-hybridized carbons (Fsp3) is 0.222. The minimum absolute atomic E-state index is 0.219. The van der Waals surface area contributed by atoms with E-state index in [0.717, 1.165) is 12.1 Å². The summed E-state index contributed by atoms with van der Waals surface area (Å²) >= 11 is 0. The first kappa shape index (κ1) is 19.2. The highest BCUT2D eigenvalue weighted by atomic mass is 19.1. The lowest BCUT2D eigenvalue weighted by Crippen LogP contribution is -2.38. The van der Waals surface area contributed by atoms with Gasteiger partial charge in [0.1, 0.15) is 29.7 Å². The number of halogens is 2. The van der Waals surface area contributed by atoms with Crippen LogP contribution in [0.5, 0.6) is 11.5 Å². The Bertz CT molecular complexity index is 784. The molecule has 0 aliphatic carbocycles. The molecule has 0 aliphatic heterocycles. The number of benzene rings is 2. The van der Waals surface area contributed by atoms with E-state index in [0.29, 0.717) is 17.6 Å². The Kier molecular flexibility index (Phi) is 6.90. The molecule has 0 fully saturated rings. The zero-order valence-corrected chi connectivity index (χ0v) is 14.1. The van der Waals surface area contributed by atoms with Crippen molar-refractivity contribution in [2.24, 2.45) is 0 Å². The molecule has 0 heterocycles. The van der Waals surface area contributed by atoms with Gasteiger partial charge in [0, 0.05) is 12.1 Å². The van der Waals surface area contributed by atoms with Crippen molar-refractivity contribution in [3.8, 4) is 11.5 Å². The molecular formula is C18H18F2N2O4. The van der Waals surface area contributed by atoms with Crippen LogP contribution in [0.15, 0.2) is 42.5 Å². The van der Waals surface area contributed by atoms with Gasteiger partial charge < -0.3 is 20.1 Å². The van der Waals surface area contributed by atoms with E-state index in [1.807, 2.05) is 0 Å². The van der Waals surface area contributed by atoms with Crippen molar-refractivity contribution in [2.75, 3.05) is 26.8 Å². The molecular weight excluding hydrogens is 346 g/mol. The topological polar surface area (TPSA) is 76.7 Å². The van der Waals surface area contributed by atoms with Gasteiger partial charge in [-0.05, 0) is 24.3 Å². The van der Waals surface area contributed by atoms with Gasteiger partial charge in [-0.1, -0.05) is 6.07 Å². The van der Waals surface area contributed by atoms with E-state index in [1.165, 1.54) is 0 Å². The highest BCUT2D eigenvalue weighted by Crippen LogP contribution is 2.18. The van der Waals surface area contributed by atoms with E-state index in [2.05, 4.69) is 10.6 Å². The molecule has 2 amide bonds. The summed E-state index contributed by atoms with van der Waals surface area (Å²) in [4.78, 5) is 23.4. The number of methoxy groups -OCH3 is 1. The number of ether oxygens (including phenoxy) is 2. The van der Waals surface area contributed by atoms with E-state index in [1.54, 1.807) is 31.4 Å². The Labute approximate surface area is 149 Å². The van der Waals surface area contributed by atoms with Crippen molar-refractivity contribution >= 4 is 11.8 Å². The second kappa shape index (κ2) is 9.36. The van der Waals surface area contributed by atoms with Crippen LogP contribution in [0.4, 0.5) is 8.78 Å². The molecule has 0 aliphatic rings. The number of carbonyl (C=O) groups is 2. The third-order valence-corrected chi connectivity index (χ3v) is 3.32. The molecule has 2 aromatic carbocycles. The quantitative estimate of drug-likeness (QED) is 0.702. The Morgan fingerprint density at radius 2 is 1.81 bits per heavy atom. The fourth-order valence-corrected chi connectivity index (χ4v) is 2.04. The molecule has 0 aromatic heterocycles. The van der Waals surface area contributed by atoms with E-state index in [4.69, 9.17) is 9.47 Å². The van der Waals surface area contributed by atoms with Crippen molar-refractivity contribution in [3.05, 3.63) is 59.7 Å². The summed E-state index contributed by atoms with van der Waals surface area (Å²) in [6, 6.07) is 9.60. The third-order valence-electron chi connectivity index (χ3n) is 3.32. The maximum atomic E-state index is 13.5. The largest absolute Gasteiger partial charge is 0.497 e. The predicted octanol–water partition coefficient (Wildman–Crippen LogP) is 1.90. The average Bonchev–Trinajstić information content (AvgIpc) is 2.63. The third kappa shape index (κ3) is 5.73. The van der Waals surface area contributed by atoms with Crippen LogP contribution in [-0.4, -0.2) is 38.6 Å². The lowest BCUT2D eigenvalue weighted by Gasteiger charge is -2.09. The van der Waals surface area contributed by atoms with Gasteiger partial charge >= 0.3 is 0 Å². The van der Waals surface area contributed by atoms with Gasteiger partial charge in [-0.2, -0.15) is 0 Å². The molecule has 0 radical (unpaired) electrons. The van der Waals surface area contributed by atoms with E-state index >= 15 is 0 Å². The molecule has 2 N–H and O–H groups in total. The first-order valence-corrected chi connectivity index (χ1v) is 7.76. The zero-order valence-electron chi connectivity index (χ0n) is 14.1. The number of carbonyl (C=O) groups excluding carboxylic acids is 2. The van der Waals surface area contributed by atoms with Gasteiger partial charge in [0.25, 0.3) is 5.91 Å². The summed E-state index contributed by atoms with van der Waals surface area (Å²) in [5.74, 6) is -1.79. The van der Waals surface area contributed by atoms with Crippen molar-refractivity contribution in [1.29, 1.82) is 0 Å². The first-order valence-electron chi connectivity index (χ1n) is 7.76. The van der Waals surface area contributed by atoms with Crippen LogP contribution in [0.1, 0.15) is 10.4 Å². The standard InChI is InChI=1S/C18H18F2N2O4/c1-25-13-3-2-4-14(10-13)26-8-7-21-17(23)11-22-18(24)15-6-5-12(19)9-16(15)20/h2-6,9-10H,7-8,11H2,1H3,(H,21,23)(H,22,24). The van der Waals surface area contributed by atoms with Crippen LogP contribution in [-0.2, 0) is 4.79 Å². The molecule has 0 unspecified atom stereocenters. The molecule has 0 atom stereocenters. The van der Waals surface area contributed by atoms with Gasteiger partial charge in [-0.25, -0.2) is 8.78 Å². The second-order valence-electron chi connectivity index (χ2n) is 5.18.